The van der Waals surface area contributed by atoms with E-state index in [1.165, 1.54) is 10.6 Å². The van der Waals surface area contributed by atoms with Gasteiger partial charge in [-0.3, -0.25) is 14.0 Å². The second kappa shape index (κ2) is 7.70. The van der Waals surface area contributed by atoms with Gasteiger partial charge in [0.15, 0.2) is 0 Å². The maximum atomic E-state index is 12.3. The van der Waals surface area contributed by atoms with Crippen LogP contribution in [0.2, 0.25) is 0 Å². The van der Waals surface area contributed by atoms with Crippen molar-refractivity contribution in [2.75, 3.05) is 13.2 Å². The summed E-state index contributed by atoms with van der Waals surface area (Å²) in [5.41, 5.74) is 0.161. The molecule has 0 radical (unpaired) electrons. The number of aliphatic hydroxyl groups is 1. The summed E-state index contributed by atoms with van der Waals surface area (Å²) in [6.07, 6.45) is 5.46. The molecule has 2 rings (SSSR count). The highest BCUT2D eigenvalue weighted by molar-refractivity contribution is 5.93. The van der Waals surface area contributed by atoms with Gasteiger partial charge in [0.1, 0.15) is 11.2 Å². The van der Waals surface area contributed by atoms with Crippen LogP contribution in [-0.2, 0) is 0 Å². The molecule has 118 valence electrons. The number of nitrogens with zero attached hydrogens (tertiary/aromatic N) is 2. The maximum Gasteiger partial charge on any atom is 0.270 e. The van der Waals surface area contributed by atoms with E-state index in [1.54, 1.807) is 24.4 Å². The van der Waals surface area contributed by atoms with Crippen LogP contribution in [0.5, 0.6) is 0 Å². The SMILES string of the molecule is CCCC(CCO)CNC(=O)c1cnc2ccccn2c1=O. The molecule has 0 spiro atoms. The van der Waals surface area contributed by atoms with Crippen molar-refractivity contribution in [1.29, 1.82) is 0 Å². The lowest BCUT2D eigenvalue weighted by Gasteiger charge is -2.15. The topological polar surface area (TPSA) is 83.7 Å². The average Bonchev–Trinajstić information content (AvgIpc) is 2.53. The minimum atomic E-state index is -0.421. The molecule has 2 heterocycles. The normalized spacial score (nSPS) is 12.3. The molecule has 6 nitrogen and oxygen atoms in total. The molecule has 2 N–H and O–H groups in total. The molecule has 0 aliphatic carbocycles. The van der Waals surface area contributed by atoms with Crippen LogP contribution in [0.3, 0.4) is 0 Å². The highest BCUT2D eigenvalue weighted by atomic mass is 16.3. The number of hydrogen-bond acceptors (Lipinski definition) is 4. The Morgan fingerprint density at radius 3 is 2.95 bits per heavy atom. The molecule has 2 aromatic heterocycles. The first kappa shape index (κ1) is 16.2. The largest absolute Gasteiger partial charge is 0.396 e. The molecule has 0 bridgehead atoms. The van der Waals surface area contributed by atoms with Crippen LogP contribution in [-0.4, -0.2) is 33.6 Å². The molecule has 0 saturated carbocycles. The highest BCUT2D eigenvalue weighted by Gasteiger charge is 2.15. The third-order valence-corrected chi connectivity index (χ3v) is 3.64. The van der Waals surface area contributed by atoms with Crippen molar-refractivity contribution in [3.63, 3.8) is 0 Å². The van der Waals surface area contributed by atoms with Crippen molar-refractivity contribution >= 4 is 11.6 Å². The standard InChI is InChI=1S/C16H21N3O3/c1-2-5-12(7-9-20)10-18-15(21)13-11-17-14-6-3-4-8-19(14)16(13)22/h3-4,6,8,11-12,20H,2,5,7,9-10H2,1H3,(H,18,21). The van der Waals surface area contributed by atoms with Crippen molar-refractivity contribution in [2.24, 2.45) is 5.92 Å². The van der Waals surface area contributed by atoms with Gasteiger partial charge in [-0.25, -0.2) is 4.98 Å². The Kier molecular flexibility index (Phi) is 5.66. The van der Waals surface area contributed by atoms with E-state index in [0.29, 0.717) is 18.6 Å². The van der Waals surface area contributed by atoms with E-state index in [0.717, 1.165) is 12.8 Å². The quantitative estimate of drug-likeness (QED) is 0.805. The Labute approximate surface area is 128 Å². The molecule has 1 unspecified atom stereocenters. The smallest absolute Gasteiger partial charge is 0.270 e. The molecule has 1 amide bonds. The van der Waals surface area contributed by atoms with E-state index in [2.05, 4.69) is 17.2 Å². The first-order valence-electron chi connectivity index (χ1n) is 7.52. The molecule has 0 aromatic carbocycles. The van der Waals surface area contributed by atoms with Crippen molar-refractivity contribution in [3.8, 4) is 0 Å². The summed E-state index contributed by atoms with van der Waals surface area (Å²) in [6, 6.07) is 5.21. The van der Waals surface area contributed by atoms with Crippen molar-refractivity contribution in [3.05, 3.63) is 46.5 Å². The van der Waals surface area contributed by atoms with Crippen LogP contribution in [0.4, 0.5) is 0 Å². The molecular weight excluding hydrogens is 282 g/mol. The van der Waals surface area contributed by atoms with E-state index in [9.17, 15) is 9.59 Å². The zero-order valence-electron chi connectivity index (χ0n) is 12.7. The molecule has 1 atom stereocenters. The van der Waals surface area contributed by atoms with Gasteiger partial charge in [0.25, 0.3) is 11.5 Å². The first-order valence-corrected chi connectivity index (χ1v) is 7.52. The molecule has 0 fully saturated rings. The Balaban J connectivity index is 2.13. The molecule has 6 heteroatoms. The van der Waals surface area contributed by atoms with E-state index in [-0.39, 0.29) is 23.6 Å². The summed E-state index contributed by atoms with van der Waals surface area (Å²) in [6.45, 7) is 2.61. The van der Waals surface area contributed by atoms with Gasteiger partial charge in [-0.1, -0.05) is 19.4 Å². The summed E-state index contributed by atoms with van der Waals surface area (Å²) in [4.78, 5) is 28.6. The molecular formula is C16H21N3O3. The highest BCUT2D eigenvalue weighted by Crippen LogP contribution is 2.09. The number of rotatable bonds is 7. The van der Waals surface area contributed by atoms with Crippen LogP contribution >= 0.6 is 0 Å². The number of aromatic nitrogens is 2. The second-order valence-corrected chi connectivity index (χ2v) is 5.28. The minimum Gasteiger partial charge on any atom is -0.396 e. The number of pyridine rings is 1. The predicted molar refractivity (Wildman–Crippen MR) is 83.9 cm³/mol. The van der Waals surface area contributed by atoms with Crippen LogP contribution in [0.1, 0.15) is 36.5 Å². The van der Waals surface area contributed by atoms with Gasteiger partial charge in [0, 0.05) is 25.5 Å². The lowest BCUT2D eigenvalue weighted by molar-refractivity contribution is 0.0941. The second-order valence-electron chi connectivity index (χ2n) is 5.28. The molecule has 2 aromatic rings. The van der Waals surface area contributed by atoms with Crippen LogP contribution in [0.25, 0.3) is 5.65 Å². The van der Waals surface area contributed by atoms with Gasteiger partial charge in [0.05, 0.1) is 0 Å². The Hall–Kier alpha value is -2.21. The maximum absolute atomic E-state index is 12.3. The van der Waals surface area contributed by atoms with Gasteiger partial charge in [-0.15, -0.1) is 0 Å². The van der Waals surface area contributed by atoms with Gasteiger partial charge >= 0.3 is 0 Å². The Morgan fingerprint density at radius 1 is 1.41 bits per heavy atom. The third-order valence-electron chi connectivity index (χ3n) is 3.64. The lowest BCUT2D eigenvalue weighted by Crippen LogP contribution is -2.34. The van der Waals surface area contributed by atoms with Crippen LogP contribution < -0.4 is 10.9 Å². The monoisotopic (exact) mass is 303 g/mol. The fraction of sp³-hybridized carbons (Fsp3) is 0.438. The zero-order valence-corrected chi connectivity index (χ0v) is 12.7. The predicted octanol–water partition coefficient (Wildman–Crippen LogP) is 1.22. The number of amides is 1. The summed E-state index contributed by atoms with van der Waals surface area (Å²) in [7, 11) is 0. The van der Waals surface area contributed by atoms with Gasteiger partial charge < -0.3 is 10.4 Å². The Morgan fingerprint density at radius 2 is 2.23 bits per heavy atom. The van der Waals surface area contributed by atoms with E-state index < -0.39 is 5.91 Å². The number of aliphatic hydroxyl groups excluding tert-OH is 1. The van der Waals surface area contributed by atoms with Crippen molar-refractivity contribution < 1.29 is 9.90 Å². The number of carbonyl (C=O) groups is 1. The summed E-state index contributed by atoms with van der Waals surface area (Å²) in [5, 5.41) is 11.8. The number of fused-ring (bicyclic) bond motifs is 1. The van der Waals surface area contributed by atoms with E-state index >= 15 is 0 Å². The zero-order chi connectivity index (χ0) is 15.9. The lowest BCUT2D eigenvalue weighted by atomic mass is 10.0. The number of hydrogen-bond donors (Lipinski definition) is 2. The fourth-order valence-corrected chi connectivity index (χ4v) is 2.45. The third kappa shape index (κ3) is 3.71. The van der Waals surface area contributed by atoms with Crippen LogP contribution in [0, 0.1) is 5.92 Å². The van der Waals surface area contributed by atoms with E-state index in [1.807, 2.05) is 0 Å². The summed E-state index contributed by atoms with van der Waals surface area (Å²) >= 11 is 0. The van der Waals surface area contributed by atoms with Gasteiger partial charge in [0.2, 0.25) is 0 Å². The number of nitrogens with one attached hydrogen (secondary N) is 1. The van der Waals surface area contributed by atoms with Crippen LogP contribution in [0.15, 0.2) is 35.4 Å². The Bertz CT molecular complexity index is 690. The number of carbonyl (C=O) groups excluding carboxylic acids is 1. The van der Waals surface area contributed by atoms with E-state index in [4.69, 9.17) is 5.11 Å². The van der Waals surface area contributed by atoms with Gasteiger partial charge in [-0.05, 0) is 30.9 Å². The minimum absolute atomic E-state index is 0.0305. The molecule has 0 aliphatic rings. The molecule has 0 aliphatic heterocycles. The molecule has 22 heavy (non-hydrogen) atoms. The summed E-state index contributed by atoms with van der Waals surface area (Å²) < 4.78 is 1.35. The van der Waals surface area contributed by atoms with Gasteiger partial charge in [-0.2, -0.15) is 0 Å². The van der Waals surface area contributed by atoms with Crippen molar-refractivity contribution in [2.45, 2.75) is 26.2 Å². The average molecular weight is 303 g/mol. The molecule has 0 saturated heterocycles. The fourth-order valence-electron chi connectivity index (χ4n) is 2.45. The summed E-state index contributed by atoms with van der Waals surface area (Å²) in [5.74, 6) is -0.204. The first-order chi connectivity index (χ1) is 10.7. The van der Waals surface area contributed by atoms with Crippen molar-refractivity contribution in [1.82, 2.24) is 14.7 Å².